The van der Waals surface area contributed by atoms with Gasteiger partial charge < -0.3 is 0 Å². The normalized spacial score (nSPS) is 12.6. The van der Waals surface area contributed by atoms with Gasteiger partial charge in [-0.05, 0) is 12.1 Å². The molecule has 0 fully saturated rings. The van der Waals surface area contributed by atoms with Crippen molar-refractivity contribution in [1.82, 2.24) is 4.98 Å². The molecule has 0 amide bonds. The Morgan fingerprint density at radius 2 is 1.94 bits per heavy atom. The smallest absolute Gasteiger partial charge is 0.241 e. The van der Waals surface area contributed by atoms with E-state index in [1.54, 1.807) is 6.07 Å². The Morgan fingerprint density at radius 3 is 2.50 bits per heavy atom. The lowest BCUT2D eigenvalue weighted by molar-refractivity contribution is -0.136. The molecular formula is C11H10F3NS. The second-order valence-corrected chi connectivity index (χ2v) is 4.89. The van der Waals surface area contributed by atoms with Gasteiger partial charge in [0.05, 0.1) is 20.8 Å². The molecule has 1 nitrogen and oxygen atoms in total. The van der Waals surface area contributed by atoms with Gasteiger partial charge >= 0.3 is 6.18 Å². The Bertz CT molecular complexity index is 513. The largest absolute Gasteiger partial charge is 0.417 e. The highest BCUT2D eigenvalue weighted by Crippen LogP contribution is 2.38. The fraction of sp³-hybridized carbons (Fsp3) is 0.364. The molecule has 86 valence electrons. The van der Waals surface area contributed by atoms with Crippen LogP contribution in [0.2, 0.25) is 0 Å². The van der Waals surface area contributed by atoms with Crippen molar-refractivity contribution in [3.63, 3.8) is 0 Å². The highest BCUT2D eigenvalue weighted by Gasteiger charge is 2.33. The number of halogens is 3. The van der Waals surface area contributed by atoms with Crippen molar-refractivity contribution in [2.75, 3.05) is 0 Å². The molecule has 0 radical (unpaired) electrons. The number of nitrogens with zero attached hydrogens (tertiary/aromatic N) is 1. The molecular weight excluding hydrogens is 235 g/mol. The van der Waals surface area contributed by atoms with E-state index in [1.807, 2.05) is 13.8 Å². The maximum Gasteiger partial charge on any atom is 0.417 e. The van der Waals surface area contributed by atoms with Gasteiger partial charge in [0.2, 0.25) is 0 Å². The predicted octanol–water partition coefficient (Wildman–Crippen LogP) is 4.44. The van der Waals surface area contributed by atoms with Crippen LogP contribution in [0.25, 0.3) is 10.2 Å². The predicted molar refractivity (Wildman–Crippen MR) is 58.7 cm³/mol. The fourth-order valence-corrected chi connectivity index (χ4v) is 2.54. The lowest BCUT2D eigenvalue weighted by Gasteiger charge is -2.06. The Labute approximate surface area is 94.9 Å². The van der Waals surface area contributed by atoms with Crippen LogP contribution >= 0.6 is 11.3 Å². The van der Waals surface area contributed by atoms with E-state index in [9.17, 15) is 13.2 Å². The summed E-state index contributed by atoms with van der Waals surface area (Å²) in [5.41, 5.74) is -0.155. The minimum Gasteiger partial charge on any atom is -0.241 e. The third-order valence-electron chi connectivity index (χ3n) is 2.23. The maximum absolute atomic E-state index is 12.7. The Balaban J connectivity index is 2.68. The molecule has 0 aliphatic rings. The van der Waals surface area contributed by atoms with E-state index in [-0.39, 0.29) is 10.6 Å². The molecule has 0 saturated carbocycles. The SMILES string of the molecule is CC(C)c1nc2cccc(C(F)(F)F)c2s1. The van der Waals surface area contributed by atoms with Gasteiger partial charge in [-0.15, -0.1) is 11.3 Å². The van der Waals surface area contributed by atoms with E-state index < -0.39 is 11.7 Å². The average Bonchev–Trinajstić information content (AvgIpc) is 2.58. The monoisotopic (exact) mass is 245 g/mol. The summed E-state index contributed by atoms with van der Waals surface area (Å²) in [5.74, 6) is 0.151. The maximum atomic E-state index is 12.7. The minimum atomic E-state index is -4.31. The highest BCUT2D eigenvalue weighted by molar-refractivity contribution is 7.18. The summed E-state index contributed by atoms with van der Waals surface area (Å²) in [5, 5.41) is 0.742. The summed E-state index contributed by atoms with van der Waals surface area (Å²) < 4.78 is 38.4. The van der Waals surface area contributed by atoms with E-state index in [0.29, 0.717) is 5.52 Å². The highest BCUT2D eigenvalue weighted by atomic mass is 32.1. The number of benzene rings is 1. The first-order valence-electron chi connectivity index (χ1n) is 4.86. The van der Waals surface area contributed by atoms with E-state index in [0.717, 1.165) is 22.4 Å². The van der Waals surface area contributed by atoms with Gasteiger partial charge in [0, 0.05) is 5.92 Å². The number of alkyl halides is 3. The topological polar surface area (TPSA) is 12.9 Å². The first-order valence-corrected chi connectivity index (χ1v) is 5.68. The van der Waals surface area contributed by atoms with Crippen molar-refractivity contribution in [1.29, 1.82) is 0 Å². The van der Waals surface area contributed by atoms with Gasteiger partial charge in [0.1, 0.15) is 0 Å². The van der Waals surface area contributed by atoms with E-state index in [2.05, 4.69) is 4.98 Å². The summed E-state index contributed by atoms with van der Waals surface area (Å²) in [4.78, 5) is 4.20. The van der Waals surface area contributed by atoms with Gasteiger partial charge in [-0.3, -0.25) is 0 Å². The summed E-state index contributed by atoms with van der Waals surface area (Å²) in [6.07, 6.45) is -4.31. The average molecular weight is 245 g/mol. The molecule has 0 saturated heterocycles. The molecule has 0 aliphatic heterocycles. The van der Waals surface area contributed by atoms with Gasteiger partial charge in [0.25, 0.3) is 0 Å². The lowest BCUT2D eigenvalue weighted by Crippen LogP contribution is -2.04. The second kappa shape index (κ2) is 3.73. The van der Waals surface area contributed by atoms with Crippen molar-refractivity contribution in [3.8, 4) is 0 Å². The summed E-state index contributed by atoms with van der Waals surface area (Å²) in [6, 6.07) is 4.12. The number of fused-ring (bicyclic) bond motifs is 1. The molecule has 2 rings (SSSR count). The molecule has 16 heavy (non-hydrogen) atoms. The van der Waals surface area contributed by atoms with Crippen molar-refractivity contribution < 1.29 is 13.2 Å². The Kier molecular flexibility index (Phi) is 2.66. The first-order chi connectivity index (χ1) is 7.39. The van der Waals surface area contributed by atoms with Crippen LogP contribution in [0.3, 0.4) is 0 Å². The van der Waals surface area contributed by atoms with Gasteiger partial charge in [-0.1, -0.05) is 19.9 Å². The van der Waals surface area contributed by atoms with Gasteiger partial charge in [-0.2, -0.15) is 13.2 Å². The van der Waals surface area contributed by atoms with Crippen LogP contribution in [-0.2, 0) is 6.18 Å². The van der Waals surface area contributed by atoms with Crippen LogP contribution in [0.4, 0.5) is 13.2 Å². The van der Waals surface area contributed by atoms with Gasteiger partial charge in [-0.25, -0.2) is 4.98 Å². The molecule has 0 N–H and O–H groups in total. The van der Waals surface area contributed by atoms with Crippen LogP contribution < -0.4 is 0 Å². The fourth-order valence-electron chi connectivity index (χ4n) is 1.44. The van der Waals surface area contributed by atoms with E-state index in [4.69, 9.17) is 0 Å². The van der Waals surface area contributed by atoms with E-state index >= 15 is 0 Å². The Morgan fingerprint density at radius 1 is 1.25 bits per heavy atom. The third kappa shape index (κ3) is 1.91. The zero-order valence-corrected chi connectivity index (χ0v) is 9.62. The zero-order valence-electron chi connectivity index (χ0n) is 8.80. The molecule has 2 aromatic rings. The standard InChI is InChI=1S/C11H10F3NS/c1-6(2)10-15-8-5-3-4-7(9(8)16-10)11(12,13)14/h3-6H,1-2H3. The summed E-state index contributed by atoms with van der Waals surface area (Å²) >= 11 is 1.13. The van der Waals surface area contributed by atoms with E-state index in [1.165, 1.54) is 6.07 Å². The number of rotatable bonds is 1. The number of thiazole rings is 1. The molecule has 0 aliphatic carbocycles. The molecule has 0 unspecified atom stereocenters. The molecule has 1 aromatic heterocycles. The summed E-state index contributed by atoms with van der Waals surface area (Å²) in [7, 11) is 0. The van der Waals surface area contributed by atoms with Crippen LogP contribution in [0.15, 0.2) is 18.2 Å². The molecule has 1 aromatic carbocycles. The number of hydrogen-bond acceptors (Lipinski definition) is 2. The molecule has 0 atom stereocenters. The quantitative estimate of drug-likeness (QED) is 0.723. The summed E-state index contributed by atoms with van der Waals surface area (Å²) in [6.45, 7) is 3.84. The molecule has 0 spiro atoms. The number of hydrogen-bond donors (Lipinski definition) is 0. The van der Waals surface area contributed by atoms with Crippen LogP contribution in [0, 0.1) is 0 Å². The van der Waals surface area contributed by atoms with Crippen molar-refractivity contribution in [2.24, 2.45) is 0 Å². The third-order valence-corrected chi connectivity index (χ3v) is 3.64. The molecule has 1 heterocycles. The zero-order chi connectivity index (χ0) is 11.9. The van der Waals surface area contributed by atoms with Crippen molar-refractivity contribution in [2.45, 2.75) is 25.9 Å². The van der Waals surface area contributed by atoms with Gasteiger partial charge in [0.15, 0.2) is 0 Å². The first kappa shape index (κ1) is 11.4. The van der Waals surface area contributed by atoms with Crippen LogP contribution in [0.5, 0.6) is 0 Å². The lowest BCUT2D eigenvalue weighted by atomic mass is 10.2. The Hall–Kier alpha value is -1.10. The van der Waals surface area contributed by atoms with Crippen molar-refractivity contribution >= 4 is 21.6 Å². The molecule has 0 bridgehead atoms. The van der Waals surface area contributed by atoms with Crippen LogP contribution in [0.1, 0.15) is 30.3 Å². The minimum absolute atomic E-state index is 0.151. The number of aromatic nitrogens is 1. The molecule has 5 heteroatoms. The van der Waals surface area contributed by atoms with Crippen LogP contribution in [-0.4, -0.2) is 4.98 Å². The van der Waals surface area contributed by atoms with Crippen molar-refractivity contribution in [3.05, 3.63) is 28.8 Å². The second-order valence-electron chi connectivity index (χ2n) is 3.86.